The number of aromatic amines is 1. The first-order chi connectivity index (χ1) is 9.60. The Kier molecular flexibility index (Phi) is 3.84. The number of benzene rings is 1. The van der Waals surface area contributed by atoms with E-state index in [1.165, 1.54) is 12.8 Å². The number of aromatic nitrogens is 2. The lowest BCUT2D eigenvalue weighted by molar-refractivity contribution is 0.416. The van der Waals surface area contributed by atoms with Crippen molar-refractivity contribution >= 4 is 39.7 Å². The second-order valence-corrected chi connectivity index (χ2v) is 6.35. The Morgan fingerprint density at radius 3 is 2.85 bits per heavy atom. The van der Waals surface area contributed by atoms with Crippen molar-refractivity contribution in [2.75, 3.05) is 7.11 Å². The van der Waals surface area contributed by atoms with Crippen molar-refractivity contribution in [1.29, 1.82) is 0 Å². The van der Waals surface area contributed by atoms with Crippen molar-refractivity contribution in [1.82, 2.24) is 9.97 Å². The van der Waals surface area contributed by atoms with E-state index in [2.05, 4.69) is 25.9 Å². The van der Waals surface area contributed by atoms with E-state index in [0.29, 0.717) is 27.2 Å². The Bertz CT molecular complexity index is 728. The highest BCUT2D eigenvalue weighted by atomic mass is 79.9. The predicted molar refractivity (Wildman–Crippen MR) is 86.1 cm³/mol. The highest BCUT2D eigenvalue weighted by Gasteiger charge is 2.28. The second-order valence-electron chi connectivity index (χ2n) is 4.74. The molecule has 6 heteroatoms. The summed E-state index contributed by atoms with van der Waals surface area (Å²) in [4.78, 5) is 7.82. The van der Waals surface area contributed by atoms with Crippen LogP contribution in [0.15, 0.2) is 22.7 Å². The summed E-state index contributed by atoms with van der Waals surface area (Å²) in [5.74, 6) is 1.94. The Morgan fingerprint density at radius 2 is 2.20 bits per heavy atom. The topological polar surface area (TPSA) is 37.9 Å². The molecule has 1 heterocycles. The first kappa shape index (κ1) is 14.0. The number of halogens is 2. The SMILES string of the molecule is COc1cc(Cl)ccc1-c1nc(=S)c(Br)c(C2CC2)[nH]1. The van der Waals surface area contributed by atoms with E-state index < -0.39 is 0 Å². The van der Waals surface area contributed by atoms with Gasteiger partial charge in [-0.05, 0) is 47.0 Å². The molecule has 2 aromatic rings. The zero-order chi connectivity index (χ0) is 14.3. The highest BCUT2D eigenvalue weighted by Crippen LogP contribution is 2.43. The third kappa shape index (κ3) is 2.62. The summed E-state index contributed by atoms with van der Waals surface area (Å²) in [6.45, 7) is 0. The fourth-order valence-electron chi connectivity index (χ4n) is 2.12. The smallest absolute Gasteiger partial charge is 0.144 e. The van der Waals surface area contributed by atoms with Gasteiger partial charge in [0.25, 0.3) is 0 Å². The van der Waals surface area contributed by atoms with Crippen LogP contribution in [0.1, 0.15) is 24.5 Å². The van der Waals surface area contributed by atoms with Crippen LogP contribution in [0.5, 0.6) is 5.75 Å². The van der Waals surface area contributed by atoms with Gasteiger partial charge in [0.1, 0.15) is 16.2 Å². The molecule has 3 nitrogen and oxygen atoms in total. The van der Waals surface area contributed by atoms with Gasteiger partial charge in [-0.1, -0.05) is 23.8 Å². The predicted octanol–water partition coefficient (Wildman–Crippen LogP) is 5.11. The monoisotopic (exact) mass is 370 g/mol. The summed E-state index contributed by atoms with van der Waals surface area (Å²) in [5, 5.41) is 0.628. The average Bonchev–Trinajstić information content (AvgIpc) is 3.26. The van der Waals surface area contributed by atoms with E-state index in [1.54, 1.807) is 13.2 Å². The number of hydrogen-bond donors (Lipinski definition) is 1. The lowest BCUT2D eigenvalue weighted by atomic mass is 10.1. The van der Waals surface area contributed by atoms with Crippen molar-refractivity contribution in [3.8, 4) is 17.1 Å². The lowest BCUT2D eigenvalue weighted by Gasteiger charge is -2.11. The van der Waals surface area contributed by atoms with E-state index >= 15 is 0 Å². The molecule has 1 aromatic carbocycles. The minimum absolute atomic E-state index is 0.547. The molecular weight excluding hydrogens is 360 g/mol. The number of hydrogen-bond acceptors (Lipinski definition) is 3. The molecule has 0 spiro atoms. The molecule has 1 N–H and O–H groups in total. The second kappa shape index (κ2) is 5.47. The Morgan fingerprint density at radius 1 is 1.45 bits per heavy atom. The molecule has 1 fully saturated rings. The van der Waals surface area contributed by atoms with Gasteiger partial charge in [-0.3, -0.25) is 0 Å². The van der Waals surface area contributed by atoms with Crippen LogP contribution in [0.2, 0.25) is 5.02 Å². The minimum atomic E-state index is 0.547. The van der Waals surface area contributed by atoms with Crippen molar-refractivity contribution in [3.05, 3.63) is 38.0 Å². The third-order valence-corrected chi connectivity index (χ3v) is 4.89. The van der Waals surface area contributed by atoms with Gasteiger partial charge in [-0.25, -0.2) is 4.98 Å². The van der Waals surface area contributed by atoms with E-state index in [-0.39, 0.29) is 0 Å². The molecule has 0 atom stereocenters. The molecule has 0 bridgehead atoms. The maximum absolute atomic E-state index is 5.99. The molecule has 20 heavy (non-hydrogen) atoms. The molecule has 0 amide bonds. The van der Waals surface area contributed by atoms with Gasteiger partial charge in [-0.2, -0.15) is 0 Å². The fourth-order valence-corrected chi connectivity index (χ4v) is 2.99. The number of H-pyrrole nitrogens is 1. The van der Waals surface area contributed by atoms with Gasteiger partial charge in [0.05, 0.1) is 17.1 Å². The van der Waals surface area contributed by atoms with Crippen LogP contribution in [0.3, 0.4) is 0 Å². The van der Waals surface area contributed by atoms with Crippen LogP contribution in [-0.4, -0.2) is 17.1 Å². The summed E-state index contributed by atoms with van der Waals surface area (Å²) in [6.07, 6.45) is 2.37. The number of nitrogens with one attached hydrogen (secondary N) is 1. The zero-order valence-corrected chi connectivity index (χ0v) is 13.9. The zero-order valence-electron chi connectivity index (χ0n) is 10.7. The van der Waals surface area contributed by atoms with Crippen molar-refractivity contribution < 1.29 is 4.74 Å². The molecule has 0 aliphatic heterocycles. The van der Waals surface area contributed by atoms with Gasteiger partial charge < -0.3 is 9.72 Å². The van der Waals surface area contributed by atoms with Crippen molar-refractivity contribution in [3.63, 3.8) is 0 Å². The number of rotatable bonds is 3. The molecule has 1 aliphatic carbocycles. The first-order valence-electron chi connectivity index (χ1n) is 6.23. The molecule has 3 rings (SSSR count). The Balaban J connectivity index is 2.17. The summed E-state index contributed by atoms with van der Waals surface area (Å²) in [5.41, 5.74) is 1.98. The number of ether oxygens (including phenoxy) is 1. The molecule has 1 aromatic heterocycles. The normalized spacial score (nSPS) is 14.3. The molecule has 0 unspecified atom stereocenters. The maximum atomic E-state index is 5.99. The van der Waals surface area contributed by atoms with Gasteiger partial charge in [0.2, 0.25) is 0 Å². The van der Waals surface area contributed by atoms with Crippen LogP contribution in [0.4, 0.5) is 0 Å². The molecule has 0 radical (unpaired) electrons. The Hall–Kier alpha value is -0.910. The standard InChI is InChI=1S/C14H12BrClN2OS/c1-19-10-6-8(16)4-5-9(10)13-17-12(7-2-3-7)11(15)14(20)18-13/h4-7H,2-3H2,1H3,(H,17,18,20). The minimum Gasteiger partial charge on any atom is -0.496 e. The van der Waals surface area contributed by atoms with Crippen LogP contribution in [-0.2, 0) is 0 Å². The molecular formula is C14H12BrClN2OS. The quantitative estimate of drug-likeness (QED) is 0.762. The van der Waals surface area contributed by atoms with Gasteiger partial charge in [0, 0.05) is 16.6 Å². The van der Waals surface area contributed by atoms with Gasteiger partial charge in [0.15, 0.2) is 0 Å². The summed E-state index contributed by atoms with van der Waals surface area (Å²) in [6, 6.07) is 5.48. The molecule has 104 valence electrons. The van der Waals surface area contributed by atoms with Gasteiger partial charge >= 0.3 is 0 Å². The first-order valence-corrected chi connectivity index (χ1v) is 7.81. The van der Waals surface area contributed by atoms with Crippen LogP contribution < -0.4 is 4.74 Å². The van der Waals surface area contributed by atoms with Gasteiger partial charge in [-0.15, -0.1) is 0 Å². The largest absolute Gasteiger partial charge is 0.496 e. The van der Waals surface area contributed by atoms with Crippen LogP contribution in [0.25, 0.3) is 11.4 Å². The third-order valence-electron chi connectivity index (χ3n) is 3.29. The van der Waals surface area contributed by atoms with E-state index in [4.69, 9.17) is 28.6 Å². The highest BCUT2D eigenvalue weighted by molar-refractivity contribution is 9.10. The fraction of sp³-hybridized carbons (Fsp3) is 0.286. The summed E-state index contributed by atoms with van der Waals surface area (Å²) in [7, 11) is 1.62. The van der Waals surface area contributed by atoms with E-state index in [1.807, 2.05) is 12.1 Å². The van der Waals surface area contributed by atoms with E-state index in [9.17, 15) is 0 Å². The maximum Gasteiger partial charge on any atom is 0.144 e. The summed E-state index contributed by atoms with van der Waals surface area (Å²) >= 11 is 14.9. The Labute approximate surface area is 135 Å². The van der Waals surface area contributed by atoms with Crippen molar-refractivity contribution in [2.24, 2.45) is 0 Å². The van der Waals surface area contributed by atoms with Crippen molar-refractivity contribution in [2.45, 2.75) is 18.8 Å². The lowest BCUT2D eigenvalue weighted by Crippen LogP contribution is -1.99. The average molecular weight is 372 g/mol. The molecule has 1 saturated carbocycles. The molecule has 1 aliphatic rings. The number of nitrogens with zero attached hydrogens (tertiary/aromatic N) is 1. The van der Waals surface area contributed by atoms with Crippen LogP contribution >= 0.6 is 39.7 Å². The number of methoxy groups -OCH3 is 1. The summed E-state index contributed by atoms with van der Waals surface area (Å²) < 4.78 is 6.84. The van der Waals surface area contributed by atoms with E-state index in [0.717, 1.165) is 15.7 Å². The molecule has 0 saturated heterocycles. The van der Waals surface area contributed by atoms with Crippen LogP contribution in [0, 0.1) is 4.64 Å².